The molecule has 4 nitrogen and oxygen atoms in total. The monoisotopic (exact) mass is 262 g/mol. The minimum Gasteiger partial charge on any atom is -0.504 e. The molecule has 20 heavy (non-hydrogen) atoms. The van der Waals surface area contributed by atoms with Crippen LogP contribution in [-0.4, -0.2) is 10.2 Å². The number of nitrogens with zero attached hydrogens (tertiary/aromatic N) is 2. The van der Waals surface area contributed by atoms with Gasteiger partial charge >= 0.3 is 0 Å². The smallest absolute Gasteiger partial charge is 0.176 e. The number of hydrogen-bond acceptors (Lipinski definition) is 4. The van der Waals surface area contributed by atoms with Gasteiger partial charge in [-0.3, -0.25) is 0 Å². The van der Waals surface area contributed by atoms with Crippen molar-refractivity contribution in [2.75, 3.05) is 0 Å². The number of phenols is 2. The lowest BCUT2D eigenvalue weighted by Crippen LogP contribution is -1.96. The zero-order valence-electron chi connectivity index (χ0n) is 10.5. The Morgan fingerprint density at radius 1 is 1.05 bits per heavy atom. The molecule has 0 aliphatic carbocycles. The molecule has 0 bridgehead atoms. The van der Waals surface area contributed by atoms with Crippen molar-refractivity contribution in [3.05, 3.63) is 65.2 Å². The zero-order chi connectivity index (χ0) is 14.7. The van der Waals surface area contributed by atoms with Gasteiger partial charge in [-0.25, -0.2) is 0 Å². The minimum atomic E-state index is -0.543. The summed E-state index contributed by atoms with van der Waals surface area (Å²) in [6.45, 7) is 3.89. The fourth-order valence-corrected chi connectivity index (χ4v) is 1.95. The Balaban J connectivity index is 2.75. The normalized spacial score (nSPS) is 9.50. The van der Waals surface area contributed by atoms with Crippen molar-refractivity contribution in [3.63, 3.8) is 0 Å². The lowest BCUT2D eigenvalue weighted by Gasteiger charge is -2.12. The molecule has 4 heteroatoms. The van der Waals surface area contributed by atoms with Crippen LogP contribution in [0.15, 0.2) is 43.0 Å². The van der Waals surface area contributed by atoms with Crippen LogP contribution in [0.5, 0.6) is 11.5 Å². The van der Waals surface area contributed by atoms with Crippen molar-refractivity contribution in [1.82, 2.24) is 0 Å². The summed E-state index contributed by atoms with van der Waals surface area (Å²) >= 11 is 0. The molecule has 0 saturated heterocycles. The molecule has 2 N–H and O–H groups in total. The summed E-state index contributed by atoms with van der Waals surface area (Å²) in [5, 5.41) is 37.6. The molecule has 0 heterocycles. The molecule has 0 aliphatic heterocycles. The first-order chi connectivity index (χ1) is 9.60. The number of rotatable bonds is 2. The van der Waals surface area contributed by atoms with Crippen molar-refractivity contribution in [2.24, 2.45) is 0 Å². The first-order valence-corrected chi connectivity index (χ1v) is 5.74. The van der Waals surface area contributed by atoms with Gasteiger partial charge in [-0.15, -0.1) is 0 Å². The molecule has 96 valence electrons. The summed E-state index contributed by atoms with van der Waals surface area (Å²) in [5.74, 6) is -1.04. The van der Waals surface area contributed by atoms with E-state index < -0.39 is 11.5 Å². The largest absolute Gasteiger partial charge is 0.504 e. The number of aromatic hydroxyl groups is 2. The van der Waals surface area contributed by atoms with Crippen molar-refractivity contribution in [2.45, 2.75) is 0 Å². The van der Waals surface area contributed by atoms with Gasteiger partial charge in [0, 0.05) is 11.6 Å². The van der Waals surface area contributed by atoms with E-state index in [1.165, 1.54) is 0 Å². The molecule has 2 aromatic rings. The quantitative estimate of drug-likeness (QED) is 0.814. The van der Waals surface area contributed by atoms with Crippen LogP contribution in [0.3, 0.4) is 0 Å². The van der Waals surface area contributed by atoms with Gasteiger partial charge in [-0.1, -0.05) is 36.9 Å². The highest BCUT2D eigenvalue weighted by Gasteiger charge is 2.20. The van der Waals surface area contributed by atoms with Gasteiger partial charge in [-0.2, -0.15) is 10.5 Å². The van der Waals surface area contributed by atoms with E-state index in [0.29, 0.717) is 5.57 Å². The van der Waals surface area contributed by atoms with Crippen LogP contribution < -0.4 is 0 Å². The first kappa shape index (κ1) is 13.2. The Morgan fingerprint density at radius 2 is 1.70 bits per heavy atom. The Kier molecular flexibility index (Phi) is 3.41. The average Bonchev–Trinajstić information content (AvgIpc) is 2.49. The second-order valence-electron chi connectivity index (χ2n) is 4.11. The molecule has 2 rings (SSSR count). The summed E-state index contributed by atoms with van der Waals surface area (Å²) in [5.41, 5.74) is 1.33. The van der Waals surface area contributed by atoms with E-state index in [9.17, 15) is 10.2 Å². The Bertz CT molecular complexity index is 766. The molecule has 0 radical (unpaired) electrons. The second-order valence-corrected chi connectivity index (χ2v) is 4.11. The van der Waals surface area contributed by atoms with Crippen molar-refractivity contribution in [1.29, 1.82) is 10.5 Å². The van der Waals surface area contributed by atoms with Crippen molar-refractivity contribution < 1.29 is 10.2 Å². The van der Waals surface area contributed by atoms with Crippen LogP contribution in [0.4, 0.5) is 0 Å². The van der Waals surface area contributed by atoms with E-state index >= 15 is 0 Å². The molecule has 0 aromatic heterocycles. The number of benzene rings is 2. The van der Waals surface area contributed by atoms with Crippen LogP contribution in [0.1, 0.15) is 22.3 Å². The maximum atomic E-state index is 9.77. The van der Waals surface area contributed by atoms with E-state index in [4.69, 9.17) is 10.5 Å². The van der Waals surface area contributed by atoms with Gasteiger partial charge in [0.2, 0.25) is 0 Å². The first-order valence-electron chi connectivity index (χ1n) is 5.74. The SMILES string of the molecule is C=C(c1ccccc1)c1c(C#N)cc(O)c(O)c1C#N. The lowest BCUT2D eigenvalue weighted by molar-refractivity contribution is 0.402. The highest BCUT2D eigenvalue weighted by atomic mass is 16.3. The van der Waals surface area contributed by atoms with Crippen LogP contribution in [0, 0.1) is 22.7 Å². The number of phenolic OH excluding ortho intramolecular Hbond substituents is 2. The Morgan fingerprint density at radius 3 is 2.25 bits per heavy atom. The second kappa shape index (κ2) is 5.17. The Labute approximate surface area is 116 Å². The van der Waals surface area contributed by atoms with Gasteiger partial charge in [-0.05, 0) is 11.1 Å². The van der Waals surface area contributed by atoms with Crippen LogP contribution in [0.2, 0.25) is 0 Å². The Hall–Kier alpha value is -3.24. The summed E-state index contributed by atoms with van der Waals surface area (Å²) < 4.78 is 0. The molecular weight excluding hydrogens is 252 g/mol. The third kappa shape index (κ3) is 2.07. The maximum absolute atomic E-state index is 9.77. The predicted molar refractivity (Wildman–Crippen MR) is 73.8 cm³/mol. The highest BCUT2D eigenvalue weighted by molar-refractivity contribution is 5.86. The summed E-state index contributed by atoms with van der Waals surface area (Å²) in [4.78, 5) is 0. The molecule has 0 amide bonds. The van der Waals surface area contributed by atoms with E-state index in [1.54, 1.807) is 24.3 Å². The van der Waals surface area contributed by atoms with Crippen molar-refractivity contribution >= 4 is 5.57 Å². The summed E-state index contributed by atoms with van der Waals surface area (Å²) in [7, 11) is 0. The maximum Gasteiger partial charge on any atom is 0.176 e. The van der Waals surface area contributed by atoms with E-state index in [2.05, 4.69) is 6.58 Å². The molecule has 0 unspecified atom stereocenters. The van der Waals surface area contributed by atoms with Gasteiger partial charge < -0.3 is 10.2 Å². The molecular formula is C16H10N2O2. The molecule has 0 aliphatic rings. The van der Waals surface area contributed by atoms with Gasteiger partial charge in [0.25, 0.3) is 0 Å². The average molecular weight is 262 g/mol. The minimum absolute atomic E-state index is 0.0886. The molecule has 0 fully saturated rings. The molecule has 2 aromatic carbocycles. The van der Waals surface area contributed by atoms with Crippen LogP contribution >= 0.6 is 0 Å². The highest BCUT2D eigenvalue weighted by Crippen LogP contribution is 2.38. The fourth-order valence-electron chi connectivity index (χ4n) is 1.95. The third-order valence-corrected chi connectivity index (χ3v) is 2.94. The van der Waals surface area contributed by atoms with E-state index in [1.807, 2.05) is 18.2 Å². The lowest BCUT2D eigenvalue weighted by atomic mass is 9.91. The molecule has 0 spiro atoms. The predicted octanol–water partition coefficient (Wildman–Crippen LogP) is 2.90. The third-order valence-electron chi connectivity index (χ3n) is 2.94. The topological polar surface area (TPSA) is 88.0 Å². The van der Waals surface area contributed by atoms with E-state index in [-0.39, 0.29) is 16.7 Å². The van der Waals surface area contributed by atoms with Crippen LogP contribution in [-0.2, 0) is 0 Å². The van der Waals surface area contributed by atoms with Gasteiger partial charge in [0.15, 0.2) is 11.5 Å². The molecule has 0 atom stereocenters. The number of hydrogen-bond donors (Lipinski definition) is 2. The molecule has 0 saturated carbocycles. The van der Waals surface area contributed by atoms with Crippen molar-refractivity contribution in [3.8, 4) is 23.6 Å². The summed E-state index contributed by atoms with van der Waals surface area (Å²) in [6.07, 6.45) is 0. The van der Waals surface area contributed by atoms with Gasteiger partial charge in [0.1, 0.15) is 11.6 Å². The van der Waals surface area contributed by atoms with E-state index in [0.717, 1.165) is 11.6 Å². The standard InChI is InChI=1S/C16H10N2O2/c1-10(11-5-3-2-4-6-11)15-12(8-17)7-14(19)16(20)13(15)9-18/h2-7,19-20H,1H2. The fraction of sp³-hybridized carbons (Fsp3) is 0. The zero-order valence-corrected chi connectivity index (χ0v) is 10.5. The van der Waals surface area contributed by atoms with Crippen LogP contribution in [0.25, 0.3) is 5.57 Å². The van der Waals surface area contributed by atoms with Gasteiger partial charge in [0.05, 0.1) is 11.6 Å². The summed E-state index contributed by atoms with van der Waals surface area (Å²) in [6, 6.07) is 13.9. The number of nitriles is 2.